The molecular formula is C20H30IN5OS. The second-order valence-corrected chi connectivity index (χ2v) is 7.43. The van der Waals surface area contributed by atoms with Gasteiger partial charge in [0, 0.05) is 57.6 Å². The molecule has 2 aromatic rings. The number of hydrogen-bond acceptors (Lipinski definition) is 4. The molecule has 0 unspecified atom stereocenters. The number of carbonyl (C=O) groups excluding carboxylic acids is 1. The zero-order chi connectivity index (χ0) is 19.5. The number of nitrogens with one attached hydrogen (secondary N) is 2. The molecule has 28 heavy (non-hydrogen) atoms. The molecule has 154 valence electrons. The van der Waals surface area contributed by atoms with E-state index in [1.165, 1.54) is 4.88 Å². The van der Waals surface area contributed by atoms with Crippen molar-refractivity contribution in [3.63, 3.8) is 0 Å². The second-order valence-electron chi connectivity index (χ2n) is 6.24. The standard InChI is InChI=1S/C20H29N5OS.HI/c1-4-17-14-24-18(27-17)10-12-22-20(21-2)23-13-11-19(26)25(3)15-16-8-6-5-7-9-16;/h5-9,14H,4,10-13,15H2,1-3H3,(H2,21,22,23);1H. The van der Waals surface area contributed by atoms with Gasteiger partial charge in [0.25, 0.3) is 0 Å². The molecular weight excluding hydrogens is 485 g/mol. The van der Waals surface area contributed by atoms with Gasteiger partial charge >= 0.3 is 0 Å². The number of benzene rings is 1. The van der Waals surface area contributed by atoms with Crippen LogP contribution in [-0.2, 0) is 24.2 Å². The van der Waals surface area contributed by atoms with Crippen molar-refractivity contribution in [1.82, 2.24) is 20.5 Å². The van der Waals surface area contributed by atoms with E-state index >= 15 is 0 Å². The summed E-state index contributed by atoms with van der Waals surface area (Å²) in [5.74, 6) is 0.817. The van der Waals surface area contributed by atoms with E-state index in [0.717, 1.165) is 30.0 Å². The minimum absolute atomic E-state index is 0. The number of aromatic nitrogens is 1. The SMILES string of the molecule is CCc1cnc(CCNC(=NC)NCCC(=O)N(C)Cc2ccccc2)s1.I. The van der Waals surface area contributed by atoms with Crippen LogP contribution in [-0.4, -0.2) is 48.9 Å². The highest BCUT2D eigenvalue weighted by Gasteiger charge is 2.09. The van der Waals surface area contributed by atoms with Crippen LogP contribution >= 0.6 is 35.3 Å². The van der Waals surface area contributed by atoms with E-state index in [4.69, 9.17) is 0 Å². The zero-order valence-corrected chi connectivity index (χ0v) is 19.9. The smallest absolute Gasteiger partial charge is 0.224 e. The Bertz CT molecular complexity index is 735. The van der Waals surface area contributed by atoms with Crippen molar-refractivity contribution < 1.29 is 4.79 Å². The van der Waals surface area contributed by atoms with Crippen LogP contribution in [0.2, 0.25) is 0 Å². The molecule has 0 atom stereocenters. The van der Waals surface area contributed by atoms with Gasteiger partial charge in [0.15, 0.2) is 5.96 Å². The maximum atomic E-state index is 12.3. The molecule has 1 amide bonds. The predicted octanol–water partition coefficient (Wildman–Crippen LogP) is 3.08. The largest absolute Gasteiger partial charge is 0.356 e. The van der Waals surface area contributed by atoms with E-state index in [9.17, 15) is 4.79 Å². The fraction of sp³-hybridized carbons (Fsp3) is 0.450. The molecule has 0 aliphatic carbocycles. The summed E-state index contributed by atoms with van der Waals surface area (Å²) >= 11 is 1.76. The lowest BCUT2D eigenvalue weighted by atomic mass is 10.2. The highest BCUT2D eigenvalue weighted by molar-refractivity contribution is 14.0. The molecule has 1 aromatic heterocycles. The van der Waals surface area contributed by atoms with Crippen LogP contribution in [0.1, 0.15) is 28.8 Å². The molecule has 0 saturated carbocycles. The number of carbonyl (C=O) groups is 1. The third-order valence-electron chi connectivity index (χ3n) is 4.12. The lowest BCUT2D eigenvalue weighted by Gasteiger charge is -2.18. The molecule has 2 N–H and O–H groups in total. The van der Waals surface area contributed by atoms with Crippen LogP contribution in [0.15, 0.2) is 41.5 Å². The number of guanidine groups is 1. The predicted molar refractivity (Wildman–Crippen MR) is 128 cm³/mol. The first-order valence-electron chi connectivity index (χ1n) is 9.28. The molecule has 0 aliphatic heterocycles. The molecule has 0 fully saturated rings. The molecule has 0 saturated heterocycles. The van der Waals surface area contributed by atoms with Gasteiger partial charge in [0.1, 0.15) is 0 Å². The molecule has 0 bridgehead atoms. The summed E-state index contributed by atoms with van der Waals surface area (Å²) in [5, 5.41) is 7.60. The van der Waals surface area contributed by atoms with E-state index in [1.807, 2.05) is 43.6 Å². The van der Waals surface area contributed by atoms with Crippen LogP contribution < -0.4 is 10.6 Å². The quantitative estimate of drug-likeness (QED) is 0.306. The van der Waals surface area contributed by atoms with Crippen molar-refractivity contribution >= 4 is 47.2 Å². The molecule has 0 radical (unpaired) electrons. The lowest BCUT2D eigenvalue weighted by Crippen LogP contribution is -2.40. The number of aryl methyl sites for hydroxylation is 1. The third-order valence-corrected chi connectivity index (χ3v) is 5.33. The molecule has 0 aliphatic rings. The van der Waals surface area contributed by atoms with Crippen LogP contribution in [0.25, 0.3) is 0 Å². The van der Waals surface area contributed by atoms with Gasteiger partial charge in [0.05, 0.1) is 5.01 Å². The van der Waals surface area contributed by atoms with Gasteiger partial charge in [-0.3, -0.25) is 9.79 Å². The summed E-state index contributed by atoms with van der Waals surface area (Å²) in [6, 6.07) is 10.0. The van der Waals surface area contributed by atoms with Gasteiger partial charge < -0.3 is 15.5 Å². The highest BCUT2D eigenvalue weighted by Crippen LogP contribution is 2.13. The summed E-state index contributed by atoms with van der Waals surface area (Å²) in [4.78, 5) is 23.9. The van der Waals surface area contributed by atoms with E-state index in [-0.39, 0.29) is 29.9 Å². The normalized spacial score (nSPS) is 10.9. The van der Waals surface area contributed by atoms with E-state index < -0.39 is 0 Å². The van der Waals surface area contributed by atoms with Gasteiger partial charge in [-0.1, -0.05) is 37.3 Å². The average Bonchev–Trinajstić information content (AvgIpc) is 3.15. The Balaban J connectivity index is 0.00000392. The first-order chi connectivity index (χ1) is 13.1. The minimum atomic E-state index is 0. The molecule has 1 heterocycles. The van der Waals surface area contributed by atoms with E-state index in [0.29, 0.717) is 25.5 Å². The first kappa shape index (κ1) is 24.4. The topological polar surface area (TPSA) is 69.6 Å². The summed E-state index contributed by atoms with van der Waals surface area (Å²) in [5.41, 5.74) is 1.13. The fourth-order valence-corrected chi connectivity index (χ4v) is 3.42. The lowest BCUT2D eigenvalue weighted by molar-refractivity contribution is -0.130. The van der Waals surface area contributed by atoms with Gasteiger partial charge in [0.2, 0.25) is 5.91 Å². The number of aliphatic imine (C=N–C) groups is 1. The minimum Gasteiger partial charge on any atom is -0.356 e. The van der Waals surface area contributed by atoms with Crippen molar-refractivity contribution in [3.8, 4) is 0 Å². The summed E-state index contributed by atoms with van der Waals surface area (Å²) in [6.45, 7) is 4.08. The maximum Gasteiger partial charge on any atom is 0.224 e. The fourth-order valence-electron chi connectivity index (χ4n) is 2.56. The zero-order valence-electron chi connectivity index (χ0n) is 16.8. The number of hydrogen-bond donors (Lipinski definition) is 2. The van der Waals surface area contributed by atoms with Gasteiger partial charge in [-0.15, -0.1) is 35.3 Å². The van der Waals surface area contributed by atoms with Crippen LogP contribution in [0.4, 0.5) is 0 Å². The van der Waals surface area contributed by atoms with E-state index in [1.54, 1.807) is 23.3 Å². The number of halogens is 1. The van der Waals surface area contributed by atoms with Crippen molar-refractivity contribution in [3.05, 3.63) is 52.0 Å². The Morgan fingerprint density at radius 2 is 1.93 bits per heavy atom. The van der Waals surface area contributed by atoms with E-state index in [2.05, 4.69) is 27.5 Å². The van der Waals surface area contributed by atoms with Crippen LogP contribution in [0.3, 0.4) is 0 Å². The van der Waals surface area contributed by atoms with Crippen molar-refractivity contribution in [1.29, 1.82) is 0 Å². The van der Waals surface area contributed by atoms with Crippen LogP contribution in [0.5, 0.6) is 0 Å². The molecule has 6 nitrogen and oxygen atoms in total. The number of rotatable bonds is 9. The first-order valence-corrected chi connectivity index (χ1v) is 10.1. The van der Waals surface area contributed by atoms with Gasteiger partial charge in [-0.2, -0.15) is 0 Å². The van der Waals surface area contributed by atoms with Gasteiger partial charge in [-0.25, -0.2) is 4.98 Å². The Hall–Kier alpha value is -1.68. The van der Waals surface area contributed by atoms with Crippen LogP contribution in [0, 0.1) is 0 Å². The third kappa shape index (κ3) is 8.55. The van der Waals surface area contributed by atoms with Crippen molar-refractivity contribution in [2.75, 3.05) is 27.2 Å². The summed E-state index contributed by atoms with van der Waals surface area (Å²) in [7, 11) is 3.57. The summed E-state index contributed by atoms with van der Waals surface area (Å²) in [6.07, 6.45) is 4.27. The average molecular weight is 515 g/mol. The monoisotopic (exact) mass is 515 g/mol. The molecule has 0 spiro atoms. The second kappa shape index (κ2) is 13.5. The van der Waals surface area contributed by atoms with Gasteiger partial charge in [-0.05, 0) is 12.0 Å². The number of nitrogens with zero attached hydrogens (tertiary/aromatic N) is 3. The molecule has 2 rings (SSSR count). The summed E-state index contributed by atoms with van der Waals surface area (Å²) < 4.78 is 0. The maximum absolute atomic E-state index is 12.3. The van der Waals surface area contributed by atoms with Crippen molar-refractivity contribution in [2.45, 2.75) is 32.7 Å². The number of thiazole rings is 1. The van der Waals surface area contributed by atoms with Crippen molar-refractivity contribution in [2.24, 2.45) is 4.99 Å². The Morgan fingerprint density at radius 3 is 2.57 bits per heavy atom. The highest BCUT2D eigenvalue weighted by atomic mass is 127. The number of amides is 1. The Labute approximate surface area is 188 Å². The Kier molecular flexibility index (Phi) is 11.7. The Morgan fingerprint density at radius 1 is 1.21 bits per heavy atom. The molecule has 1 aromatic carbocycles. The molecule has 8 heteroatoms.